The van der Waals surface area contributed by atoms with Crippen molar-refractivity contribution >= 4 is 57.0 Å². The van der Waals surface area contributed by atoms with Crippen LogP contribution in [0.25, 0.3) is 0 Å². The van der Waals surface area contributed by atoms with Gasteiger partial charge in [0.25, 0.3) is 11.8 Å². The summed E-state index contributed by atoms with van der Waals surface area (Å²) < 4.78 is 1.50. The lowest BCUT2D eigenvalue weighted by molar-refractivity contribution is 0.101. The lowest BCUT2D eigenvalue weighted by Crippen LogP contribution is -2.21. The number of aryl methyl sites for hydroxylation is 1. The minimum absolute atomic E-state index is 0.294. The number of nitrogens with zero attached hydrogens (tertiary/aromatic N) is 2. The number of halogens is 2. The van der Waals surface area contributed by atoms with E-state index < -0.39 is 0 Å². The number of carbonyl (C=O) groups is 2. The Hall–Kier alpha value is -2.35. The van der Waals surface area contributed by atoms with Gasteiger partial charge in [0.05, 0.1) is 16.3 Å². The van der Waals surface area contributed by atoms with Crippen LogP contribution < -0.4 is 10.6 Å². The molecule has 9 heteroatoms. The van der Waals surface area contributed by atoms with Crippen molar-refractivity contribution in [1.82, 2.24) is 9.78 Å². The summed E-state index contributed by atoms with van der Waals surface area (Å²) >= 11 is 13.7. The number of rotatable bonds is 5. The largest absolute Gasteiger partial charge is 0.321 e. The van der Waals surface area contributed by atoms with Gasteiger partial charge >= 0.3 is 0 Å². The average molecular weight is 477 g/mol. The Balaban J connectivity index is 1.69. The van der Waals surface area contributed by atoms with Crippen molar-refractivity contribution in [2.75, 3.05) is 10.6 Å². The number of thiophene rings is 1. The second-order valence-electron chi connectivity index (χ2n) is 7.60. The lowest BCUT2D eigenvalue weighted by Gasteiger charge is -2.21. The quantitative estimate of drug-likeness (QED) is 0.487. The predicted octanol–water partition coefficient (Wildman–Crippen LogP) is 5.81. The van der Waals surface area contributed by atoms with Crippen LogP contribution in [0.1, 0.15) is 51.1 Å². The zero-order chi connectivity index (χ0) is 22.1. The number of hydrogen-bond donors (Lipinski definition) is 2. The molecule has 31 heavy (non-hydrogen) atoms. The summed E-state index contributed by atoms with van der Waals surface area (Å²) in [6.45, 7) is 2.19. The van der Waals surface area contributed by atoms with Gasteiger partial charge in [-0.2, -0.15) is 5.10 Å². The van der Waals surface area contributed by atoms with E-state index in [1.54, 1.807) is 37.5 Å². The molecule has 1 aliphatic carbocycles. The number of hydrogen-bond acceptors (Lipinski definition) is 4. The highest BCUT2D eigenvalue weighted by Crippen LogP contribution is 2.41. The molecule has 6 nitrogen and oxygen atoms in total. The Labute approximate surface area is 194 Å². The summed E-state index contributed by atoms with van der Waals surface area (Å²) in [5.74, 6) is -0.00501. The summed E-state index contributed by atoms with van der Waals surface area (Å²) in [6.07, 6.45) is 5.41. The first-order valence-electron chi connectivity index (χ1n) is 10.1. The summed E-state index contributed by atoms with van der Waals surface area (Å²) in [7, 11) is 1.70. The molecule has 0 saturated carbocycles. The van der Waals surface area contributed by atoms with Gasteiger partial charge in [-0.3, -0.25) is 14.3 Å². The summed E-state index contributed by atoms with van der Waals surface area (Å²) in [4.78, 5) is 27.3. The molecule has 1 atom stereocenters. The van der Waals surface area contributed by atoms with Gasteiger partial charge in [0.15, 0.2) is 0 Å². The van der Waals surface area contributed by atoms with Crippen molar-refractivity contribution in [3.8, 4) is 0 Å². The van der Waals surface area contributed by atoms with Gasteiger partial charge in [-0.15, -0.1) is 11.3 Å². The summed E-state index contributed by atoms with van der Waals surface area (Å²) in [5, 5.41) is 11.3. The number of aromatic nitrogens is 2. The topological polar surface area (TPSA) is 76.0 Å². The minimum atomic E-state index is -0.302. The predicted molar refractivity (Wildman–Crippen MR) is 126 cm³/mol. The fraction of sp³-hybridized carbons (Fsp3) is 0.318. The molecular formula is C22H22Cl2N4O2S. The Kier molecular flexibility index (Phi) is 6.36. The van der Waals surface area contributed by atoms with Crippen molar-refractivity contribution < 1.29 is 9.59 Å². The molecule has 162 valence electrons. The maximum atomic E-state index is 13.3. The van der Waals surface area contributed by atoms with E-state index in [0.717, 1.165) is 36.1 Å². The molecular weight excluding hydrogens is 455 g/mol. The first kappa shape index (κ1) is 21.9. The van der Waals surface area contributed by atoms with Crippen LogP contribution in [0.5, 0.6) is 0 Å². The molecule has 0 saturated heterocycles. The van der Waals surface area contributed by atoms with Crippen molar-refractivity contribution in [3.05, 3.63) is 62.2 Å². The van der Waals surface area contributed by atoms with Gasteiger partial charge in [0.2, 0.25) is 0 Å². The van der Waals surface area contributed by atoms with Crippen LogP contribution in [-0.2, 0) is 19.9 Å². The third-order valence-electron chi connectivity index (χ3n) is 5.63. The summed E-state index contributed by atoms with van der Waals surface area (Å²) in [5.41, 5.74) is 2.42. The van der Waals surface area contributed by atoms with Crippen LogP contribution >= 0.6 is 34.5 Å². The molecule has 1 aliphatic rings. The molecule has 2 heterocycles. The van der Waals surface area contributed by atoms with Crippen LogP contribution in [0.15, 0.2) is 30.5 Å². The van der Waals surface area contributed by atoms with E-state index in [0.29, 0.717) is 37.9 Å². The molecule has 1 aromatic carbocycles. The third-order valence-corrected chi connectivity index (χ3v) is 7.35. The van der Waals surface area contributed by atoms with Gasteiger partial charge in [0.1, 0.15) is 10.7 Å². The average Bonchev–Trinajstić information content (AvgIpc) is 3.32. The number of nitrogens with one attached hydrogen (secondary N) is 2. The maximum absolute atomic E-state index is 13.3. The van der Waals surface area contributed by atoms with E-state index in [-0.39, 0.29) is 11.8 Å². The maximum Gasteiger partial charge on any atom is 0.274 e. The zero-order valence-electron chi connectivity index (χ0n) is 17.2. The SMILES string of the molecule is CC[C@@H]1CCc2c(sc(NC(=O)c3ccnn3C)c2C(=O)Nc2ccc(Cl)cc2Cl)C1. The highest BCUT2D eigenvalue weighted by Gasteiger charge is 2.30. The Morgan fingerprint density at radius 3 is 2.71 bits per heavy atom. The van der Waals surface area contributed by atoms with Gasteiger partial charge in [-0.25, -0.2) is 0 Å². The Morgan fingerprint density at radius 1 is 1.23 bits per heavy atom. The molecule has 0 aliphatic heterocycles. The van der Waals surface area contributed by atoms with Gasteiger partial charge in [-0.05, 0) is 55.0 Å². The van der Waals surface area contributed by atoms with Crippen LogP contribution in [0.4, 0.5) is 10.7 Å². The molecule has 0 spiro atoms. The molecule has 0 fully saturated rings. The van der Waals surface area contributed by atoms with Gasteiger partial charge in [-0.1, -0.05) is 36.5 Å². The summed E-state index contributed by atoms with van der Waals surface area (Å²) in [6, 6.07) is 6.56. The van der Waals surface area contributed by atoms with Crippen LogP contribution in [0.2, 0.25) is 10.0 Å². The minimum Gasteiger partial charge on any atom is -0.321 e. The number of amides is 2. The standard InChI is InChI=1S/C22H22Cl2N4O2S/c1-3-12-4-6-14-18(10-12)31-22(27-20(29)17-8-9-25-28(17)2)19(14)21(30)26-16-7-5-13(23)11-15(16)24/h5,7-9,11-12H,3-4,6,10H2,1-2H3,(H,26,30)(H,27,29)/t12-/m1/s1. The van der Waals surface area contributed by atoms with Crippen molar-refractivity contribution in [1.29, 1.82) is 0 Å². The molecule has 0 bridgehead atoms. The van der Waals surface area contributed by atoms with E-state index in [1.807, 2.05) is 0 Å². The van der Waals surface area contributed by atoms with E-state index in [1.165, 1.54) is 16.0 Å². The smallest absolute Gasteiger partial charge is 0.274 e. The molecule has 2 aromatic heterocycles. The number of benzene rings is 1. The van der Waals surface area contributed by atoms with Crippen molar-refractivity contribution in [3.63, 3.8) is 0 Å². The molecule has 3 aromatic rings. The van der Waals surface area contributed by atoms with Crippen molar-refractivity contribution in [2.24, 2.45) is 13.0 Å². The number of carbonyl (C=O) groups excluding carboxylic acids is 2. The van der Waals surface area contributed by atoms with E-state index >= 15 is 0 Å². The van der Waals surface area contributed by atoms with E-state index in [4.69, 9.17) is 23.2 Å². The molecule has 0 radical (unpaired) electrons. The van der Waals surface area contributed by atoms with Crippen LogP contribution in [0, 0.1) is 5.92 Å². The third kappa shape index (κ3) is 4.49. The zero-order valence-corrected chi connectivity index (χ0v) is 19.5. The molecule has 4 rings (SSSR count). The Morgan fingerprint density at radius 2 is 2.03 bits per heavy atom. The number of fused-ring (bicyclic) bond motifs is 1. The lowest BCUT2D eigenvalue weighted by atomic mass is 9.85. The van der Waals surface area contributed by atoms with E-state index in [2.05, 4.69) is 22.7 Å². The van der Waals surface area contributed by atoms with E-state index in [9.17, 15) is 9.59 Å². The Bertz CT molecular complexity index is 1150. The first-order valence-corrected chi connectivity index (χ1v) is 11.6. The normalized spacial score (nSPS) is 15.4. The fourth-order valence-corrected chi connectivity index (χ4v) is 5.68. The monoisotopic (exact) mass is 476 g/mol. The first-order chi connectivity index (χ1) is 14.9. The van der Waals surface area contributed by atoms with Gasteiger partial charge < -0.3 is 10.6 Å². The van der Waals surface area contributed by atoms with Crippen molar-refractivity contribution in [2.45, 2.75) is 32.6 Å². The van der Waals surface area contributed by atoms with Crippen LogP contribution in [0.3, 0.4) is 0 Å². The number of anilines is 2. The van der Waals surface area contributed by atoms with Crippen LogP contribution in [-0.4, -0.2) is 21.6 Å². The highest BCUT2D eigenvalue weighted by molar-refractivity contribution is 7.17. The molecule has 2 amide bonds. The van der Waals surface area contributed by atoms with Gasteiger partial charge in [0, 0.05) is 23.1 Å². The molecule has 2 N–H and O–H groups in total. The highest BCUT2D eigenvalue weighted by atomic mass is 35.5. The second-order valence-corrected chi connectivity index (χ2v) is 9.55. The second kappa shape index (κ2) is 9.02. The fourth-order valence-electron chi connectivity index (χ4n) is 3.87. The molecule has 0 unspecified atom stereocenters.